The second kappa shape index (κ2) is 9.98. The number of carbonyl (C=O) groups excluding carboxylic acids is 2. The lowest BCUT2D eigenvalue weighted by Gasteiger charge is -2.32. The molecule has 1 aliphatic rings. The minimum absolute atomic E-state index is 0.0110. The lowest BCUT2D eigenvalue weighted by atomic mass is 10.1. The highest BCUT2D eigenvalue weighted by Gasteiger charge is 2.21. The third-order valence-electron chi connectivity index (χ3n) is 4.22. The van der Waals surface area contributed by atoms with Crippen molar-refractivity contribution in [2.24, 2.45) is 0 Å². The van der Waals surface area contributed by atoms with Crippen LogP contribution in [-0.2, 0) is 0 Å². The van der Waals surface area contributed by atoms with Gasteiger partial charge in [-0.15, -0.1) is 0 Å². The maximum atomic E-state index is 12.2. The topological polar surface area (TPSA) is 92.7 Å². The summed E-state index contributed by atoms with van der Waals surface area (Å²) < 4.78 is 0. The third kappa shape index (κ3) is 6.01. The predicted molar refractivity (Wildman–Crippen MR) is 115 cm³/mol. The first-order valence-corrected chi connectivity index (χ1v) is 9.60. The van der Waals surface area contributed by atoms with E-state index in [-0.39, 0.29) is 16.5 Å². The third-order valence-corrected chi connectivity index (χ3v) is 5.05. The fourth-order valence-electron chi connectivity index (χ4n) is 2.58. The van der Waals surface area contributed by atoms with Gasteiger partial charge in [0.15, 0.2) is 0 Å². The van der Waals surface area contributed by atoms with E-state index in [4.69, 9.17) is 46.3 Å². The van der Waals surface area contributed by atoms with Gasteiger partial charge in [-0.2, -0.15) is 0 Å². The van der Waals surface area contributed by atoms with Crippen molar-refractivity contribution in [2.45, 2.75) is 0 Å². The van der Waals surface area contributed by atoms with Gasteiger partial charge in [-0.1, -0.05) is 23.2 Å². The Labute approximate surface area is 178 Å². The van der Waals surface area contributed by atoms with Crippen LogP contribution >= 0.6 is 34.8 Å². The molecule has 2 aromatic carbocycles. The van der Waals surface area contributed by atoms with Crippen molar-refractivity contribution >= 4 is 57.3 Å². The highest BCUT2D eigenvalue weighted by Crippen LogP contribution is 2.21. The molecule has 28 heavy (non-hydrogen) atoms. The van der Waals surface area contributed by atoms with E-state index >= 15 is 0 Å². The smallest absolute Gasteiger partial charge is 0.255 e. The fourth-order valence-corrected chi connectivity index (χ4v) is 3.33. The zero-order chi connectivity index (χ0) is 20.8. The van der Waals surface area contributed by atoms with E-state index in [0.717, 1.165) is 26.2 Å². The normalized spacial score (nSPS) is 14.2. The number of nitrogens with zero attached hydrogens (tertiary/aromatic N) is 2. The number of benzene rings is 2. The van der Waals surface area contributed by atoms with Gasteiger partial charge in [0, 0.05) is 37.6 Å². The Bertz CT molecular complexity index is 868. The van der Waals surface area contributed by atoms with Gasteiger partial charge in [0.25, 0.3) is 11.1 Å². The maximum absolute atomic E-state index is 12.2. The number of halogens is 3. The largest absolute Gasteiger partial charge is 0.399 e. The molecular weight excluding hydrogens is 423 g/mol. The van der Waals surface area contributed by atoms with Crippen molar-refractivity contribution in [3.05, 3.63) is 57.6 Å². The highest BCUT2D eigenvalue weighted by molar-refractivity contribution is 6.68. The van der Waals surface area contributed by atoms with Crippen LogP contribution in [0.15, 0.2) is 36.4 Å². The molecule has 0 radical (unpaired) electrons. The van der Waals surface area contributed by atoms with Gasteiger partial charge in [0.1, 0.15) is 0 Å². The molecule has 0 atom stereocenters. The zero-order valence-corrected chi connectivity index (χ0v) is 17.6. The van der Waals surface area contributed by atoms with E-state index in [2.05, 4.69) is 11.9 Å². The molecule has 0 unspecified atom stereocenters. The van der Waals surface area contributed by atoms with Gasteiger partial charge in [-0.25, -0.2) is 0 Å². The van der Waals surface area contributed by atoms with Crippen LogP contribution < -0.4 is 11.5 Å². The first kappa shape index (κ1) is 22.3. The standard InChI is InChI=1S/C12H16ClN3O.C7H5Cl2NO/c1-15-4-6-16(7-5-15)12(17)10-3-2-9(14)8-11(10)13;8-6-3-4(10)1-2-5(6)7(9)11/h2-3,8H,4-7,14H2,1H3;1-3H,10H2. The Morgan fingerprint density at radius 2 is 1.32 bits per heavy atom. The molecule has 0 bridgehead atoms. The van der Waals surface area contributed by atoms with Crippen LogP contribution in [0, 0.1) is 0 Å². The Morgan fingerprint density at radius 1 is 0.857 bits per heavy atom. The van der Waals surface area contributed by atoms with E-state index in [1.165, 1.54) is 12.1 Å². The van der Waals surface area contributed by atoms with Gasteiger partial charge in [0.2, 0.25) is 0 Å². The molecule has 6 nitrogen and oxygen atoms in total. The summed E-state index contributed by atoms with van der Waals surface area (Å²) in [5, 5.41) is 0.133. The SMILES string of the molecule is CN1CCN(C(=O)c2ccc(N)cc2Cl)CC1.Nc1ccc(C(=O)Cl)c(Cl)c1. The molecule has 1 amide bonds. The number of nitrogen functional groups attached to an aromatic ring is 2. The van der Waals surface area contributed by atoms with Gasteiger partial charge in [-0.3, -0.25) is 9.59 Å². The van der Waals surface area contributed by atoms with Gasteiger partial charge < -0.3 is 21.3 Å². The summed E-state index contributed by atoms with van der Waals surface area (Å²) >= 11 is 16.9. The Hall–Kier alpha value is -1.99. The Morgan fingerprint density at radius 3 is 1.75 bits per heavy atom. The number of rotatable bonds is 2. The average Bonchev–Trinajstić information content (AvgIpc) is 2.62. The highest BCUT2D eigenvalue weighted by atomic mass is 35.5. The van der Waals surface area contributed by atoms with E-state index in [9.17, 15) is 9.59 Å². The number of nitrogens with two attached hydrogens (primary N) is 2. The van der Waals surface area contributed by atoms with Crippen LogP contribution in [0.1, 0.15) is 20.7 Å². The van der Waals surface area contributed by atoms with Gasteiger partial charge >= 0.3 is 0 Å². The van der Waals surface area contributed by atoms with E-state index < -0.39 is 5.24 Å². The summed E-state index contributed by atoms with van der Waals surface area (Å²) in [7, 11) is 2.05. The maximum Gasteiger partial charge on any atom is 0.255 e. The van der Waals surface area contributed by atoms with Crippen LogP contribution in [0.25, 0.3) is 0 Å². The molecule has 0 saturated carbocycles. The lowest BCUT2D eigenvalue weighted by molar-refractivity contribution is 0.0664. The summed E-state index contributed by atoms with van der Waals surface area (Å²) in [6.45, 7) is 3.29. The van der Waals surface area contributed by atoms with Crippen molar-refractivity contribution in [3.8, 4) is 0 Å². The molecule has 0 aliphatic carbocycles. The number of likely N-dealkylation sites (N-methyl/N-ethyl adjacent to an activating group) is 1. The summed E-state index contributed by atoms with van der Waals surface area (Å²) in [6, 6.07) is 9.56. The van der Waals surface area contributed by atoms with Crippen molar-refractivity contribution in [1.82, 2.24) is 9.80 Å². The van der Waals surface area contributed by atoms with E-state index in [1.54, 1.807) is 24.3 Å². The second-order valence-corrected chi connectivity index (χ2v) is 7.51. The van der Waals surface area contributed by atoms with Crippen LogP contribution in [0.4, 0.5) is 11.4 Å². The van der Waals surface area contributed by atoms with Crippen molar-refractivity contribution < 1.29 is 9.59 Å². The number of amides is 1. The average molecular weight is 444 g/mol. The fraction of sp³-hybridized carbons (Fsp3) is 0.263. The molecule has 3 rings (SSSR count). The molecule has 1 fully saturated rings. The van der Waals surface area contributed by atoms with E-state index in [0.29, 0.717) is 22.0 Å². The molecule has 1 saturated heterocycles. The number of piperazine rings is 1. The van der Waals surface area contributed by atoms with Crippen LogP contribution in [0.5, 0.6) is 0 Å². The predicted octanol–water partition coefficient (Wildman–Crippen LogP) is 3.61. The quantitative estimate of drug-likeness (QED) is 0.546. The summed E-state index contributed by atoms with van der Waals surface area (Å²) in [6.07, 6.45) is 0. The number of carbonyl (C=O) groups is 2. The molecule has 0 spiro atoms. The number of anilines is 2. The first-order valence-electron chi connectivity index (χ1n) is 8.46. The van der Waals surface area contributed by atoms with Gasteiger partial charge in [0.05, 0.1) is 21.2 Å². The summed E-state index contributed by atoms with van der Waals surface area (Å²) in [5.41, 5.74) is 12.9. The Kier molecular flexibility index (Phi) is 7.95. The van der Waals surface area contributed by atoms with Crippen molar-refractivity contribution in [2.75, 3.05) is 44.7 Å². The lowest BCUT2D eigenvalue weighted by Crippen LogP contribution is -2.47. The molecule has 150 valence electrons. The van der Waals surface area contributed by atoms with E-state index in [1.807, 2.05) is 4.90 Å². The molecule has 2 aromatic rings. The molecule has 9 heteroatoms. The zero-order valence-electron chi connectivity index (χ0n) is 15.3. The molecule has 1 heterocycles. The van der Waals surface area contributed by atoms with Crippen molar-refractivity contribution in [1.29, 1.82) is 0 Å². The van der Waals surface area contributed by atoms with Gasteiger partial charge in [-0.05, 0) is 55.0 Å². The first-order chi connectivity index (χ1) is 13.2. The monoisotopic (exact) mass is 442 g/mol. The molecule has 0 aromatic heterocycles. The minimum Gasteiger partial charge on any atom is -0.399 e. The molecule has 1 aliphatic heterocycles. The minimum atomic E-state index is -0.574. The van der Waals surface area contributed by atoms with Crippen molar-refractivity contribution in [3.63, 3.8) is 0 Å². The molecule has 4 N–H and O–H groups in total. The Balaban J connectivity index is 0.000000221. The number of hydrogen-bond acceptors (Lipinski definition) is 5. The van der Waals surface area contributed by atoms with Crippen LogP contribution in [0.3, 0.4) is 0 Å². The second-order valence-electron chi connectivity index (χ2n) is 6.35. The summed E-state index contributed by atoms with van der Waals surface area (Å²) in [5.74, 6) is -0.0110. The van der Waals surface area contributed by atoms with Crippen LogP contribution in [0.2, 0.25) is 10.0 Å². The summed E-state index contributed by atoms with van der Waals surface area (Å²) in [4.78, 5) is 26.9. The molecular formula is C19H21Cl3N4O2. The van der Waals surface area contributed by atoms with Crippen LogP contribution in [-0.4, -0.2) is 54.2 Å². The number of hydrogen-bond donors (Lipinski definition) is 2.